The van der Waals surface area contributed by atoms with E-state index in [0.29, 0.717) is 24.6 Å². The van der Waals surface area contributed by atoms with Gasteiger partial charge in [0.1, 0.15) is 11.6 Å². The van der Waals surface area contributed by atoms with Gasteiger partial charge in [0.25, 0.3) is 0 Å². The molecule has 1 aliphatic rings. The van der Waals surface area contributed by atoms with Crippen molar-refractivity contribution in [2.45, 2.75) is 44.7 Å². The first-order valence-electron chi connectivity index (χ1n) is 12.9. The number of aromatic nitrogens is 2. The highest BCUT2D eigenvalue weighted by Crippen LogP contribution is 2.32. The Hall–Kier alpha value is -3.23. The van der Waals surface area contributed by atoms with Crippen LogP contribution in [-0.4, -0.2) is 70.0 Å². The SMILES string of the molecule is COc1ccc(CN2C(=S)N(CCCCCCN(C)C)C(=O)CC2c2ncc(-c3ccccc3)[nH]2)cc1. The molecule has 8 heteroatoms. The molecule has 37 heavy (non-hydrogen) atoms. The number of carbonyl (C=O) groups excluding carboxylic acids is 1. The number of aromatic amines is 1. The molecule has 3 aromatic rings. The van der Waals surface area contributed by atoms with Crippen molar-refractivity contribution in [3.63, 3.8) is 0 Å². The minimum Gasteiger partial charge on any atom is -0.497 e. The number of nitrogens with one attached hydrogen (secondary N) is 1. The van der Waals surface area contributed by atoms with Gasteiger partial charge >= 0.3 is 0 Å². The average Bonchev–Trinajstić information content (AvgIpc) is 3.40. The summed E-state index contributed by atoms with van der Waals surface area (Å²) in [6, 6.07) is 17.8. The number of methoxy groups -OCH3 is 1. The van der Waals surface area contributed by atoms with Crippen LogP contribution in [-0.2, 0) is 11.3 Å². The Morgan fingerprint density at radius 3 is 2.49 bits per heavy atom. The fourth-order valence-electron chi connectivity index (χ4n) is 4.67. The molecule has 1 aliphatic heterocycles. The smallest absolute Gasteiger partial charge is 0.231 e. The van der Waals surface area contributed by atoms with E-state index in [1.165, 1.54) is 6.42 Å². The van der Waals surface area contributed by atoms with E-state index in [4.69, 9.17) is 17.0 Å². The molecule has 0 spiro atoms. The van der Waals surface area contributed by atoms with Crippen molar-refractivity contribution in [3.05, 3.63) is 72.2 Å². The van der Waals surface area contributed by atoms with Crippen LogP contribution in [0, 0.1) is 0 Å². The molecule has 1 N–H and O–H groups in total. The quantitative estimate of drug-likeness (QED) is 0.260. The van der Waals surface area contributed by atoms with Gasteiger partial charge < -0.3 is 19.5 Å². The van der Waals surface area contributed by atoms with E-state index in [2.05, 4.69) is 33.9 Å². The van der Waals surface area contributed by atoms with Crippen molar-refractivity contribution < 1.29 is 9.53 Å². The lowest BCUT2D eigenvalue weighted by atomic mass is 10.1. The minimum absolute atomic E-state index is 0.0620. The van der Waals surface area contributed by atoms with E-state index >= 15 is 0 Å². The molecule has 2 heterocycles. The first-order chi connectivity index (χ1) is 18.0. The van der Waals surface area contributed by atoms with Gasteiger partial charge in [-0.3, -0.25) is 9.69 Å². The first kappa shape index (κ1) is 26.8. The molecule has 1 amide bonds. The number of thiocarbonyl (C=S) groups is 1. The number of H-pyrrole nitrogens is 1. The van der Waals surface area contributed by atoms with Crippen LogP contribution in [0.15, 0.2) is 60.8 Å². The maximum Gasteiger partial charge on any atom is 0.231 e. The number of hydrogen-bond donors (Lipinski definition) is 1. The van der Waals surface area contributed by atoms with Crippen molar-refractivity contribution in [1.82, 2.24) is 24.7 Å². The van der Waals surface area contributed by atoms with E-state index in [0.717, 1.165) is 54.2 Å². The monoisotopic (exact) mass is 519 g/mol. The molecule has 1 aromatic heterocycles. The molecule has 7 nitrogen and oxygen atoms in total. The van der Waals surface area contributed by atoms with Crippen LogP contribution in [0.4, 0.5) is 0 Å². The van der Waals surface area contributed by atoms with Crippen molar-refractivity contribution in [1.29, 1.82) is 0 Å². The van der Waals surface area contributed by atoms with E-state index in [-0.39, 0.29) is 11.9 Å². The van der Waals surface area contributed by atoms with Gasteiger partial charge in [0.05, 0.1) is 31.5 Å². The van der Waals surface area contributed by atoms with Crippen LogP contribution in [0.3, 0.4) is 0 Å². The summed E-state index contributed by atoms with van der Waals surface area (Å²) in [5.74, 6) is 1.63. The van der Waals surface area contributed by atoms with E-state index in [1.807, 2.05) is 60.8 Å². The highest BCUT2D eigenvalue weighted by Gasteiger charge is 2.38. The van der Waals surface area contributed by atoms with Crippen LogP contribution in [0.1, 0.15) is 49.5 Å². The second-order valence-corrected chi connectivity index (χ2v) is 10.2. The second kappa shape index (κ2) is 12.8. The lowest BCUT2D eigenvalue weighted by molar-refractivity contribution is -0.131. The zero-order valence-electron chi connectivity index (χ0n) is 22.0. The van der Waals surface area contributed by atoms with Gasteiger partial charge in [-0.05, 0) is 69.0 Å². The molecule has 2 aromatic carbocycles. The van der Waals surface area contributed by atoms with Crippen LogP contribution in [0.25, 0.3) is 11.3 Å². The van der Waals surface area contributed by atoms with Gasteiger partial charge in [-0.25, -0.2) is 4.98 Å². The topological polar surface area (TPSA) is 64.7 Å². The predicted molar refractivity (Wildman–Crippen MR) is 151 cm³/mol. The first-order valence-corrected chi connectivity index (χ1v) is 13.4. The lowest BCUT2D eigenvalue weighted by Gasteiger charge is -2.42. The Labute approximate surface area is 225 Å². The van der Waals surface area contributed by atoms with E-state index in [9.17, 15) is 4.79 Å². The van der Waals surface area contributed by atoms with Crippen LogP contribution in [0.5, 0.6) is 5.75 Å². The molecule has 4 rings (SSSR count). The third-order valence-electron chi connectivity index (χ3n) is 6.77. The summed E-state index contributed by atoms with van der Waals surface area (Å²) in [6.07, 6.45) is 6.52. The van der Waals surface area contributed by atoms with Crippen LogP contribution >= 0.6 is 12.2 Å². The molecule has 1 atom stereocenters. The van der Waals surface area contributed by atoms with Crippen molar-refractivity contribution in [3.8, 4) is 17.0 Å². The largest absolute Gasteiger partial charge is 0.497 e. The summed E-state index contributed by atoms with van der Waals surface area (Å²) < 4.78 is 5.32. The Bertz CT molecular complexity index is 1160. The summed E-state index contributed by atoms with van der Waals surface area (Å²) in [4.78, 5) is 27.6. The number of imidazole rings is 1. The normalized spacial score (nSPS) is 16.1. The summed E-state index contributed by atoms with van der Waals surface area (Å²) in [5.41, 5.74) is 3.09. The molecule has 0 radical (unpaired) electrons. The molecule has 1 saturated heterocycles. The molecule has 1 unspecified atom stereocenters. The van der Waals surface area contributed by atoms with E-state index < -0.39 is 0 Å². The molecule has 1 fully saturated rings. The third kappa shape index (κ3) is 6.96. The summed E-state index contributed by atoms with van der Waals surface area (Å²) >= 11 is 5.94. The van der Waals surface area contributed by atoms with E-state index in [1.54, 1.807) is 12.0 Å². The van der Waals surface area contributed by atoms with Gasteiger partial charge in [-0.2, -0.15) is 0 Å². The fraction of sp³-hybridized carbons (Fsp3) is 0.414. The number of amides is 1. The number of ether oxygens (including phenoxy) is 1. The number of benzene rings is 2. The molecule has 0 aliphatic carbocycles. The van der Waals surface area contributed by atoms with Gasteiger partial charge in [-0.1, -0.05) is 55.3 Å². The number of nitrogens with zero attached hydrogens (tertiary/aromatic N) is 4. The van der Waals surface area contributed by atoms with Crippen LogP contribution < -0.4 is 4.74 Å². The number of unbranched alkanes of at least 4 members (excludes halogenated alkanes) is 3. The Morgan fingerprint density at radius 1 is 1.05 bits per heavy atom. The average molecular weight is 520 g/mol. The van der Waals surface area contributed by atoms with Crippen molar-refractivity contribution in [2.75, 3.05) is 34.3 Å². The lowest BCUT2D eigenvalue weighted by Crippen LogP contribution is -2.53. The second-order valence-electron chi connectivity index (χ2n) is 9.79. The third-order valence-corrected chi connectivity index (χ3v) is 7.22. The molecule has 0 saturated carbocycles. The maximum atomic E-state index is 13.3. The number of hydrogen-bond acceptors (Lipinski definition) is 5. The summed E-state index contributed by atoms with van der Waals surface area (Å²) in [5, 5.41) is 0.572. The number of rotatable bonds is 12. The fourth-order valence-corrected chi connectivity index (χ4v) is 5.06. The summed E-state index contributed by atoms with van der Waals surface area (Å²) in [7, 11) is 5.86. The molecule has 0 bridgehead atoms. The van der Waals surface area contributed by atoms with Gasteiger partial charge in [-0.15, -0.1) is 0 Å². The van der Waals surface area contributed by atoms with Crippen molar-refractivity contribution in [2.24, 2.45) is 0 Å². The zero-order valence-corrected chi connectivity index (χ0v) is 22.8. The Kier molecular flexibility index (Phi) is 9.30. The minimum atomic E-state index is -0.254. The predicted octanol–water partition coefficient (Wildman–Crippen LogP) is 5.27. The summed E-state index contributed by atoms with van der Waals surface area (Å²) in [6.45, 7) is 2.33. The van der Waals surface area contributed by atoms with Gasteiger partial charge in [0.2, 0.25) is 5.91 Å². The Balaban J connectivity index is 1.51. The van der Waals surface area contributed by atoms with Crippen LogP contribution in [0.2, 0.25) is 0 Å². The molecule has 196 valence electrons. The zero-order chi connectivity index (χ0) is 26.2. The van der Waals surface area contributed by atoms with Gasteiger partial charge in [0.15, 0.2) is 5.11 Å². The highest BCUT2D eigenvalue weighted by atomic mass is 32.1. The highest BCUT2D eigenvalue weighted by molar-refractivity contribution is 7.80. The van der Waals surface area contributed by atoms with Gasteiger partial charge in [0, 0.05) is 13.1 Å². The number of carbonyl (C=O) groups is 1. The standard InChI is InChI=1S/C29H37N5O2S/c1-32(2)17-9-4-5-10-18-33-27(35)19-26(28-30-20-25(31-28)23-11-7-6-8-12-23)34(29(33)37)21-22-13-15-24(36-3)16-14-22/h6-8,11-16,20,26H,4-5,9-10,17-19,21H2,1-3H3,(H,30,31). The Morgan fingerprint density at radius 2 is 1.78 bits per heavy atom. The molecular formula is C29H37N5O2S. The maximum absolute atomic E-state index is 13.3. The van der Waals surface area contributed by atoms with Crippen molar-refractivity contribution >= 4 is 23.2 Å². The molecular weight excluding hydrogens is 482 g/mol.